The normalized spacial score (nSPS) is 17.8. The van der Waals surface area contributed by atoms with E-state index in [9.17, 15) is 4.79 Å². The number of hydrogen-bond acceptors (Lipinski definition) is 4. The summed E-state index contributed by atoms with van der Waals surface area (Å²) in [6.45, 7) is 4.30. The van der Waals surface area contributed by atoms with Crippen LogP contribution in [-0.2, 0) is 27.2 Å². The van der Waals surface area contributed by atoms with Gasteiger partial charge in [0.1, 0.15) is 12.6 Å². The van der Waals surface area contributed by atoms with E-state index in [1.165, 1.54) is 11.1 Å². The first kappa shape index (κ1) is 14.0. The van der Waals surface area contributed by atoms with Crippen LogP contribution in [0.1, 0.15) is 24.5 Å². The fourth-order valence-electron chi connectivity index (χ4n) is 2.17. The summed E-state index contributed by atoms with van der Waals surface area (Å²) in [6.07, 6.45) is 1.68. The molecule has 19 heavy (non-hydrogen) atoms. The Labute approximate surface area is 114 Å². The van der Waals surface area contributed by atoms with Crippen LogP contribution in [0.25, 0.3) is 0 Å². The maximum atomic E-state index is 11.9. The van der Waals surface area contributed by atoms with Gasteiger partial charge in [-0.2, -0.15) is 0 Å². The molecule has 1 aromatic carbocycles. The molecule has 0 aliphatic carbocycles. The summed E-state index contributed by atoms with van der Waals surface area (Å²) in [5.41, 5.74) is 2.49. The largest absolute Gasteiger partial charge is 0.462 e. The molecule has 1 aromatic rings. The second kappa shape index (κ2) is 7.26. The third-order valence-electron chi connectivity index (χ3n) is 3.19. The predicted molar refractivity (Wildman–Crippen MR) is 72.8 cm³/mol. The minimum Gasteiger partial charge on any atom is -0.462 e. The van der Waals surface area contributed by atoms with Crippen LogP contribution in [0.5, 0.6) is 0 Å². The highest BCUT2D eigenvalue weighted by atomic mass is 16.6. The number of carbonyl (C=O) groups is 1. The highest BCUT2D eigenvalue weighted by Gasteiger charge is 2.24. The van der Waals surface area contributed by atoms with Crippen molar-refractivity contribution in [3.63, 3.8) is 0 Å². The van der Waals surface area contributed by atoms with Gasteiger partial charge in [-0.25, -0.2) is 0 Å². The standard InChI is InChI=1S/C15H21NO3/c1-2-7-18-8-9-19-15(17)14-10-12-5-3-4-6-13(12)11-16-14/h3-6,14,16H,2,7-11H2,1H3/t14-/m0/s1. The molecule has 2 rings (SSSR count). The molecular weight excluding hydrogens is 242 g/mol. The Bertz CT molecular complexity index is 420. The molecule has 0 amide bonds. The van der Waals surface area contributed by atoms with Gasteiger partial charge < -0.3 is 14.8 Å². The lowest BCUT2D eigenvalue weighted by molar-refractivity contribution is -0.147. The van der Waals surface area contributed by atoms with Crippen molar-refractivity contribution in [3.05, 3.63) is 35.4 Å². The summed E-state index contributed by atoms with van der Waals surface area (Å²) in [6, 6.07) is 7.94. The van der Waals surface area contributed by atoms with Crippen molar-refractivity contribution in [2.75, 3.05) is 19.8 Å². The fourth-order valence-corrected chi connectivity index (χ4v) is 2.17. The molecule has 0 saturated carbocycles. The van der Waals surface area contributed by atoms with E-state index in [0.717, 1.165) is 13.0 Å². The van der Waals surface area contributed by atoms with Gasteiger partial charge in [-0.3, -0.25) is 4.79 Å². The quantitative estimate of drug-likeness (QED) is 0.626. The smallest absolute Gasteiger partial charge is 0.323 e. The Morgan fingerprint density at radius 3 is 2.84 bits per heavy atom. The molecule has 0 saturated heterocycles. The summed E-state index contributed by atoms with van der Waals surface area (Å²) >= 11 is 0. The van der Waals surface area contributed by atoms with Crippen LogP contribution in [0.15, 0.2) is 24.3 Å². The van der Waals surface area contributed by atoms with Gasteiger partial charge in [0.15, 0.2) is 0 Å². The van der Waals surface area contributed by atoms with Crippen LogP contribution in [0.4, 0.5) is 0 Å². The first-order valence-electron chi connectivity index (χ1n) is 6.85. The lowest BCUT2D eigenvalue weighted by atomic mass is 9.96. The van der Waals surface area contributed by atoms with E-state index in [1.807, 2.05) is 12.1 Å². The molecule has 0 bridgehead atoms. The van der Waals surface area contributed by atoms with Gasteiger partial charge in [0, 0.05) is 13.2 Å². The van der Waals surface area contributed by atoms with Gasteiger partial charge >= 0.3 is 5.97 Å². The zero-order valence-electron chi connectivity index (χ0n) is 11.4. The second-order valence-corrected chi connectivity index (χ2v) is 4.69. The predicted octanol–water partition coefficient (Wildman–Crippen LogP) is 1.67. The van der Waals surface area contributed by atoms with E-state index >= 15 is 0 Å². The number of nitrogens with one attached hydrogen (secondary N) is 1. The van der Waals surface area contributed by atoms with Gasteiger partial charge in [-0.05, 0) is 24.0 Å². The third kappa shape index (κ3) is 4.04. The van der Waals surface area contributed by atoms with Crippen LogP contribution in [0.2, 0.25) is 0 Å². The van der Waals surface area contributed by atoms with Crippen molar-refractivity contribution in [3.8, 4) is 0 Å². The molecule has 0 radical (unpaired) electrons. The third-order valence-corrected chi connectivity index (χ3v) is 3.19. The second-order valence-electron chi connectivity index (χ2n) is 4.69. The molecule has 1 aliphatic heterocycles. The number of benzene rings is 1. The number of rotatable bonds is 6. The van der Waals surface area contributed by atoms with E-state index in [0.29, 0.717) is 26.2 Å². The maximum Gasteiger partial charge on any atom is 0.323 e. The van der Waals surface area contributed by atoms with E-state index in [4.69, 9.17) is 9.47 Å². The minimum absolute atomic E-state index is 0.186. The van der Waals surface area contributed by atoms with E-state index in [2.05, 4.69) is 24.4 Å². The van der Waals surface area contributed by atoms with Gasteiger partial charge in [-0.1, -0.05) is 31.2 Å². The summed E-state index contributed by atoms with van der Waals surface area (Å²) in [7, 11) is 0. The molecule has 1 atom stereocenters. The summed E-state index contributed by atoms with van der Waals surface area (Å²) in [5, 5.41) is 3.21. The molecule has 4 heteroatoms. The molecule has 0 fully saturated rings. The minimum atomic E-state index is -0.235. The number of fused-ring (bicyclic) bond motifs is 1. The van der Waals surface area contributed by atoms with E-state index in [-0.39, 0.29) is 12.0 Å². The molecule has 0 unspecified atom stereocenters. The Morgan fingerprint density at radius 2 is 2.05 bits per heavy atom. The van der Waals surface area contributed by atoms with Crippen LogP contribution in [-0.4, -0.2) is 31.8 Å². The van der Waals surface area contributed by atoms with Crippen LogP contribution < -0.4 is 5.32 Å². The summed E-state index contributed by atoms with van der Waals surface area (Å²) < 4.78 is 10.5. The zero-order valence-corrected chi connectivity index (χ0v) is 11.4. The molecular formula is C15H21NO3. The lowest BCUT2D eigenvalue weighted by Gasteiger charge is -2.24. The first-order valence-corrected chi connectivity index (χ1v) is 6.85. The van der Waals surface area contributed by atoms with Gasteiger partial charge in [0.2, 0.25) is 0 Å². The summed E-state index contributed by atoms with van der Waals surface area (Å²) in [5.74, 6) is -0.186. The highest BCUT2D eigenvalue weighted by molar-refractivity contribution is 5.76. The molecule has 4 nitrogen and oxygen atoms in total. The van der Waals surface area contributed by atoms with Crippen molar-refractivity contribution in [1.82, 2.24) is 5.32 Å². The van der Waals surface area contributed by atoms with Crippen molar-refractivity contribution in [2.45, 2.75) is 32.4 Å². The lowest BCUT2D eigenvalue weighted by Crippen LogP contribution is -2.43. The Balaban J connectivity index is 1.76. The van der Waals surface area contributed by atoms with Crippen molar-refractivity contribution in [2.24, 2.45) is 0 Å². The molecule has 0 aromatic heterocycles. The van der Waals surface area contributed by atoms with Crippen molar-refractivity contribution < 1.29 is 14.3 Å². The van der Waals surface area contributed by atoms with Crippen molar-refractivity contribution >= 4 is 5.97 Å². The van der Waals surface area contributed by atoms with Gasteiger partial charge in [-0.15, -0.1) is 0 Å². The zero-order chi connectivity index (χ0) is 13.5. The number of esters is 1. The Kier molecular flexibility index (Phi) is 5.36. The molecule has 1 heterocycles. The van der Waals surface area contributed by atoms with Crippen molar-refractivity contribution in [1.29, 1.82) is 0 Å². The number of ether oxygens (including phenoxy) is 2. The Morgan fingerprint density at radius 1 is 1.26 bits per heavy atom. The average Bonchev–Trinajstić information content (AvgIpc) is 2.46. The number of carbonyl (C=O) groups excluding carboxylic acids is 1. The molecule has 0 spiro atoms. The highest BCUT2D eigenvalue weighted by Crippen LogP contribution is 2.16. The fraction of sp³-hybridized carbons (Fsp3) is 0.533. The molecule has 1 aliphatic rings. The van der Waals surface area contributed by atoms with Crippen LogP contribution in [0.3, 0.4) is 0 Å². The first-order chi connectivity index (χ1) is 9.31. The number of hydrogen-bond donors (Lipinski definition) is 1. The van der Waals surface area contributed by atoms with E-state index in [1.54, 1.807) is 0 Å². The van der Waals surface area contributed by atoms with Crippen LogP contribution >= 0.6 is 0 Å². The molecule has 104 valence electrons. The topological polar surface area (TPSA) is 47.6 Å². The maximum absolute atomic E-state index is 11.9. The molecule has 1 N–H and O–H groups in total. The van der Waals surface area contributed by atoms with Gasteiger partial charge in [0.25, 0.3) is 0 Å². The Hall–Kier alpha value is -1.39. The van der Waals surface area contributed by atoms with E-state index < -0.39 is 0 Å². The van der Waals surface area contributed by atoms with Crippen LogP contribution in [0, 0.1) is 0 Å². The van der Waals surface area contributed by atoms with Gasteiger partial charge in [0.05, 0.1) is 6.61 Å². The monoisotopic (exact) mass is 263 g/mol. The summed E-state index contributed by atoms with van der Waals surface area (Å²) in [4.78, 5) is 11.9. The average molecular weight is 263 g/mol. The SMILES string of the molecule is CCCOCCOC(=O)[C@@H]1Cc2ccccc2CN1.